The van der Waals surface area contributed by atoms with Crippen molar-refractivity contribution in [2.75, 3.05) is 13.1 Å². The molecule has 1 heterocycles. The Morgan fingerprint density at radius 2 is 2.06 bits per heavy atom. The van der Waals surface area contributed by atoms with Crippen molar-refractivity contribution >= 4 is 5.91 Å². The van der Waals surface area contributed by atoms with Crippen LogP contribution in [0.2, 0.25) is 0 Å². The maximum absolute atomic E-state index is 12.5. The molecule has 1 saturated carbocycles. The number of hydrogen-bond acceptors (Lipinski definition) is 2. The predicted molar refractivity (Wildman–Crippen MR) is 69.5 cm³/mol. The van der Waals surface area contributed by atoms with E-state index < -0.39 is 0 Å². The van der Waals surface area contributed by atoms with Gasteiger partial charge < -0.3 is 10.6 Å². The SMILES string of the molecule is CC1CC(N)CCC1C(=O)N1CCC(C)(C)C1. The zero-order valence-corrected chi connectivity index (χ0v) is 11.4. The first-order chi connectivity index (χ1) is 7.89. The number of nitrogens with zero attached hydrogens (tertiary/aromatic N) is 1. The molecule has 2 aliphatic rings. The van der Waals surface area contributed by atoms with Crippen LogP contribution in [0, 0.1) is 17.3 Å². The minimum absolute atomic E-state index is 0.226. The van der Waals surface area contributed by atoms with E-state index in [0.29, 0.717) is 23.3 Å². The second kappa shape index (κ2) is 4.60. The Hall–Kier alpha value is -0.570. The first kappa shape index (κ1) is 12.9. The van der Waals surface area contributed by atoms with Gasteiger partial charge in [-0.05, 0) is 37.0 Å². The summed E-state index contributed by atoms with van der Waals surface area (Å²) in [6, 6.07) is 0.309. The molecule has 3 heteroatoms. The van der Waals surface area contributed by atoms with E-state index in [9.17, 15) is 4.79 Å². The Balaban J connectivity index is 1.96. The summed E-state index contributed by atoms with van der Waals surface area (Å²) in [6.07, 6.45) is 4.14. The number of hydrogen-bond donors (Lipinski definition) is 1. The molecule has 3 atom stereocenters. The standard InChI is InChI=1S/C14H26N2O/c1-10-8-11(15)4-5-12(10)13(17)16-7-6-14(2,3)9-16/h10-12H,4-9,15H2,1-3H3. The number of likely N-dealkylation sites (tertiary alicyclic amines) is 1. The van der Waals surface area contributed by atoms with E-state index in [-0.39, 0.29) is 5.92 Å². The first-order valence-electron chi connectivity index (χ1n) is 6.93. The van der Waals surface area contributed by atoms with Crippen molar-refractivity contribution in [3.05, 3.63) is 0 Å². The predicted octanol–water partition coefficient (Wildman–Crippen LogP) is 2.01. The highest BCUT2D eigenvalue weighted by Crippen LogP contribution is 2.34. The van der Waals surface area contributed by atoms with Crippen molar-refractivity contribution in [3.8, 4) is 0 Å². The fourth-order valence-electron chi connectivity index (χ4n) is 3.34. The average molecular weight is 238 g/mol. The zero-order chi connectivity index (χ0) is 12.6. The van der Waals surface area contributed by atoms with Crippen LogP contribution in [-0.2, 0) is 4.79 Å². The molecule has 1 saturated heterocycles. The van der Waals surface area contributed by atoms with E-state index in [2.05, 4.69) is 25.7 Å². The third-order valence-electron chi connectivity index (χ3n) is 4.52. The maximum atomic E-state index is 12.5. The van der Waals surface area contributed by atoms with Crippen molar-refractivity contribution in [3.63, 3.8) is 0 Å². The molecule has 0 bridgehead atoms. The molecule has 0 aromatic rings. The third-order valence-corrected chi connectivity index (χ3v) is 4.52. The van der Waals surface area contributed by atoms with Gasteiger partial charge in [0.2, 0.25) is 5.91 Å². The highest BCUT2D eigenvalue weighted by Gasteiger charge is 2.38. The molecule has 98 valence electrons. The van der Waals surface area contributed by atoms with Gasteiger partial charge in [-0.15, -0.1) is 0 Å². The average Bonchev–Trinajstić information content (AvgIpc) is 2.58. The van der Waals surface area contributed by atoms with Crippen molar-refractivity contribution in [2.45, 2.75) is 52.5 Å². The summed E-state index contributed by atoms with van der Waals surface area (Å²) in [6.45, 7) is 8.56. The number of amides is 1. The van der Waals surface area contributed by atoms with E-state index in [1.165, 1.54) is 0 Å². The van der Waals surface area contributed by atoms with E-state index in [1.807, 2.05) is 0 Å². The van der Waals surface area contributed by atoms with Crippen molar-refractivity contribution in [1.82, 2.24) is 4.90 Å². The number of rotatable bonds is 1. The monoisotopic (exact) mass is 238 g/mol. The Bertz CT molecular complexity index is 301. The Kier molecular flexibility index (Phi) is 3.48. The molecule has 2 N–H and O–H groups in total. The van der Waals surface area contributed by atoms with E-state index >= 15 is 0 Å². The smallest absolute Gasteiger partial charge is 0.225 e. The zero-order valence-electron chi connectivity index (χ0n) is 11.4. The van der Waals surface area contributed by atoms with Gasteiger partial charge in [-0.3, -0.25) is 4.79 Å². The largest absolute Gasteiger partial charge is 0.342 e. The molecule has 0 aromatic carbocycles. The molecule has 2 rings (SSSR count). The van der Waals surface area contributed by atoms with Gasteiger partial charge in [-0.1, -0.05) is 20.8 Å². The number of carbonyl (C=O) groups is 1. The Labute approximate surface area is 105 Å². The molecule has 0 spiro atoms. The van der Waals surface area contributed by atoms with Gasteiger partial charge in [0.25, 0.3) is 0 Å². The van der Waals surface area contributed by atoms with Crippen molar-refractivity contribution < 1.29 is 4.79 Å². The fraction of sp³-hybridized carbons (Fsp3) is 0.929. The third kappa shape index (κ3) is 2.82. The van der Waals surface area contributed by atoms with Crippen molar-refractivity contribution in [2.24, 2.45) is 23.0 Å². The molecule has 1 aliphatic carbocycles. The van der Waals surface area contributed by atoms with Crippen LogP contribution in [0.15, 0.2) is 0 Å². The number of nitrogens with two attached hydrogens (primary N) is 1. The second-order valence-electron chi connectivity index (χ2n) is 6.83. The van der Waals surface area contributed by atoms with E-state index in [1.54, 1.807) is 0 Å². The fourth-order valence-corrected chi connectivity index (χ4v) is 3.34. The summed E-state index contributed by atoms with van der Waals surface area (Å²) in [5, 5.41) is 0. The molecule has 0 aromatic heterocycles. The molecule has 3 unspecified atom stereocenters. The van der Waals surface area contributed by atoms with E-state index in [0.717, 1.165) is 38.8 Å². The Morgan fingerprint density at radius 1 is 1.35 bits per heavy atom. The van der Waals surface area contributed by atoms with Crippen LogP contribution in [0.1, 0.15) is 46.5 Å². The number of carbonyl (C=O) groups excluding carboxylic acids is 1. The van der Waals surface area contributed by atoms with Crippen LogP contribution in [0.4, 0.5) is 0 Å². The molecule has 2 fully saturated rings. The quantitative estimate of drug-likeness (QED) is 0.759. The highest BCUT2D eigenvalue weighted by molar-refractivity contribution is 5.79. The molecule has 17 heavy (non-hydrogen) atoms. The summed E-state index contributed by atoms with van der Waals surface area (Å²) in [4.78, 5) is 14.6. The lowest BCUT2D eigenvalue weighted by atomic mass is 9.77. The first-order valence-corrected chi connectivity index (χ1v) is 6.93. The van der Waals surface area contributed by atoms with Gasteiger partial charge in [0.05, 0.1) is 0 Å². The lowest BCUT2D eigenvalue weighted by Gasteiger charge is -2.34. The molecular formula is C14H26N2O. The van der Waals surface area contributed by atoms with Gasteiger partial charge in [0, 0.05) is 25.0 Å². The van der Waals surface area contributed by atoms with Crippen LogP contribution in [0.5, 0.6) is 0 Å². The summed E-state index contributed by atoms with van der Waals surface area (Å²) >= 11 is 0. The van der Waals surface area contributed by atoms with Gasteiger partial charge in [0.1, 0.15) is 0 Å². The maximum Gasteiger partial charge on any atom is 0.225 e. The van der Waals surface area contributed by atoms with Gasteiger partial charge in [0.15, 0.2) is 0 Å². The molecular weight excluding hydrogens is 212 g/mol. The van der Waals surface area contributed by atoms with Gasteiger partial charge >= 0.3 is 0 Å². The van der Waals surface area contributed by atoms with Crippen LogP contribution in [0.3, 0.4) is 0 Å². The van der Waals surface area contributed by atoms with Crippen LogP contribution < -0.4 is 5.73 Å². The van der Waals surface area contributed by atoms with Crippen molar-refractivity contribution in [1.29, 1.82) is 0 Å². The summed E-state index contributed by atoms with van der Waals surface area (Å²) in [7, 11) is 0. The van der Waals surface area contributed by atoms with E-state index in [4.69, 9.17) is 5.73 Å². The highest BCUT2D eigenvalue weighted by atomic mass is 16.2. The minimum atomic E-state index is 0.226. The lowest BCUT2D eigenvalue weighted by molar-refractivity contribution is -0.137. The van der Waals surface area contributed by atoms with Crippen LogP contribution in [-0.4, -0.2) is 29.9 Å². The normalized spacial score (nSPS) is 37.2. The van der Waals surface area contributed by atoms with Gasteiger partial charge in [-0.25, -0.2) is 0 Å². The Morgan fingerprint density at radius 3 is 2.59 bits per heavy atom. The topological polar surface area (TPSA) is 46.3 Å². The summed E-state index contributed by atoms with van der Waals surface area (Å²) in [5.74, 6) is 1.06. The van der Waals surface area contributed by atoms with Crippen LogP contribution in [0.25, 0.3) is 0 Å². The molecule has 0 radical (unpaired) electrons. The van der Waals surface area contributed by atoms with Gasteiger partial charge in [-0.2, -0.15) is 0 Å². The molecule has 1 aliphatic heterocycles. The summed E-state index contributed by atoms with van der Waals surface area (Å²) in [5.41, 5.74) is 6.27. The second-order valence-corrected chi connectivity index (χ2v) is 6.83. The molecule has 3 nitrogen and oxygen atoms in total. The van der Waals surface area contributed by atoms with Crippen LogP contribution >= 0.6 is 0 Å². The molecule has 1 amide bonds. The lowest BCUT2D eigenvalue weighted by Crippen LogP contribution is -2.42. The minimum Gasteiger partial charge on any atom is -0.342 e. The summed E-state index contributed by atoms with van der Waals surface area (Å²) < 4.78 is 0.